The fourth-order valence-electron chi connectivity index (χ4n) is 1.23. The molecule has 1 aliphatic rings. The van der Waals surface area contributed by atoms with Gasteiger partial charge >= 0.3 is 0 Å². The number of nitrogens with two attached hydrogens (primary N) is 1. The second-order valence-corrected chi connectivity index (χ2v) is 4.25. The van der Waals surface area contributed by atoms with Crippen LogP contribution in [0.25, 0.3) is 0 Å². The van der Waals surface area contributed by atoms with E-state index in [1.54, 1.807) is 12.1 Å². The third kappa shape index (κ3) is 2.43. The van der Waals surface area contributed by atoms with E-state index in [4.69, 9.17) is 5.73 Å². The van der Waals surface area contributed by atoms with Gasteiger partial charge in [0.05, 0.1) is 11.9 Å². The minimum Gasteiger partial charge on any atom is -0.384 e. The quantitative estimate of drug-likeness (QED) is 0.694. The van der Waals surface area contributed by atoms with Gasteiger partial charge in [-0.2, -0.15) is 0 Å². The van der Waals surface area contributed by atoms with Gasteiger partial charge in [-0.25, -0.2) is 4.98 Å². The topological polar surface area (TPSA) is 97.1 Å². The highest BCUT2D eigenvalue weighted by Crippen LogP contribution is 2.15. The highest BCUT2D eigenvalue weighted by Gasteiger charge is 2.27. The summed E-state index contributed by atoms with van der Waals surface area (Å²) < 4.78 is 0. The Kier molecular flexibility index (Phi) is 2.95. The van der Waals surface area contributed by atoms with E-state index in [0.29, 0.717) is 17.3 Å². The molecular formula is C9H10N4O2S. The summed E-state index contributed by atoms with van der Waals surface area (Å²) in [6.07, 6.45) is 1.47. The molecule has 1 aromatic rings. The van der Waals surface area contributed by atoms with Crippen molar-refractivity contribution in [3.8, 4) is 0 Å². The Morgan fingerprint density at radius 3 is 3.00 bits per heavy atom. The SMILES string of the molecule is Nc1ccc(NC(=O)C2CSC(=O)N2)cn1. The van der Waals surface area contributed by atoms with Crippen LogP contribution in [0.3, 0.4) is 0 Å². The summed E-state index contributed by atoms with van der Waals surface area (Å²) in [7, 11) is 0. The van der Waals surface area contributed by atoms with E-state index in [9.17, 15) is 9.59 Å². The van der Waals surface area contributed by atoms with E-state index in [2.05, 4.69) is 15.6 Å². The molecule has 2 amide bonds. The number of carbonyl (C=O) groups is 2. The van der Waals surface area contributed by atoms with Crippen LogP contribution in [0.2, 0.25) is 0 Å². The van der Waals surface area contributed by atoms with Gasteiger partial charge in [-0.3, -0.25) is 9.59 Å². The van der Waals surface area contributed by atoms with Gasteiger partial charge in [0.15, 0.2) is 0 Å². The summed E-state index contributed by atoms with van der Waals surface area (Å²) in [4.78, 5) is 26.4. The number of nitrogen functional groups attached to an aromatic ring is 1. The molecule has 1 saturated heterocycles. The van der Waals surface area contributed by atoms with Crippen molar-refractivity contribution in [1.82, 2.24) is 10.3 Å². The van der Waals surface area contributed by atoms with Crippen LogP contribution >= 0.6 is 11.8 Å². The average molecular weight is 238 g/mol. The molecular weight excluding hydrogens is 228 g/mol. The normalized spacial score (nSPS) is 19.2. The monoisotopic (exact) mass is 238 g/mol. The van der Waals surface area contributed by atoms with E-state index in [1.807, 2.05) is 0 Å². The number of thioether (sulfide) groups is 1. The number of nitrogens with one attached hydrogen (secondary N) is 2. The number of anilines is 2. The van der Waals surface area contributed by atoms with E-state index in [1.165, 1.54) is 6.20 Å². The lowest BCUT2D eigenvalue weighted by Crippen LogP contribution is -2.38. The average Bonchev–Trinajstić information content (AvgIpc) is 2.68. The molecule has 1 unspecified atom stereocenters. The number of pyridine rings is 1. The second kappa shape index (κ2) is 4.40. The number of hydrogen-bond donors (Lipinski definition) is 3. The van der Waals surface area contributed by atoms with Crippen LogP contribution in [-0.2, 0) is 4.79 Å². The van der Waals surface area contributed by atoms with Crippen LogP contribution in [0.4, 0.5) is 16.3 Å². The zero-order chi connectivity index (χ0) is 11.5. The molecule has 16 heavy (non-hydrogen) atoms. The molecule has 2 rings (SSSR count). The zero-order valence-electron chi connectivity index (χ0n) is 8.27. The standard InChI is InChI=1S/C9H10N4O2S/c10-7-2-1-5(3-11-7)12-8(14)6-4-16-9(15)13-6/h1-3,6H,4H2,(H2,10,11)(H,12,14)(H,13,15). The summed E-state index contributed by atoms with van der Waals surface area (Å²) in [6, 6.07) is 2.77. The maximum absolute atomic E-state index is 11.6. The molecule has 0 aromatic carbocycles. The van der Waals surface area contributed by atoms with Crippen LogP contribution in [0.1, 0.15) is 0 Å². The maximum atomic E-state index is 11.6. The molecule has 1 aliphatic heterocycles. The van der Waals surface area contributed by atoms with Crippen LogP contribution in [-0.4, -0.2) is 27.9 Å². The van der Waals surface area contributed by atoms with Gasteiger partial charge in [0.25, 0.3) is 5.24 Å². The summed E-state index contributed by atoms with van der Waals surface area (Å²) in [5.41, 5.74) is 5.97. The first-order valence-corrected chi connectivity index (χ1v) is 5.59. The first-order chi connectivity index (χ1) is 7.65. The Hall–Kier alpha value is -1.76. The van der Waals surface area contributed by atoms with E-state index in [0.717, 1.165) is 11.8 Å². The third-order valence-electron chi connectivity index (χ3n) is 2.04. The zero-order valence-corrected chi connectivity index (χ0v) is 9.08. The van der Waals surface area contributed by atoms with Crippen LogP contribution in [0.5, 0.6) is 0 Å². The molecule has 0 saturated carbocycles. The Bertz CT molecular complexity index is 420. The van der Waals surface area contributed by atoms with Gasteiger partial charge in [-0.15, -0.1) is 0 Å². The summed E-state index contributed by atoms with van der Waals surface area (Å²) in [6.45, 7) is 0. The first kappa shape index (κ1) is 10.7. The van der Waals surface area contributed by atoms with Crippen molar-refractivity contribution in [1.29, 1.82) is 0 Å². The number of rotatable bonds is 2. The molecule has 4 N–H and O–H groups in total. The molecule has 0 spiro atoms. The summed E-state index contributed by atoms with van der Waals surface area (Å²) in [5.74, 6) is 0.597. The molecule has 2 heterocycles. The minimum atomic E-state index is -0.477. The fourth-order valence-corrected chi connectivity index (χ4v) is 2.01. The van der Waals surface area contributed by atoms with Crippen molar-refractivity contribution in [2.45, 2.75) is 6.04 Å². The van der Waals surface area contributed by atoms with Gasteiger partial charge in [-0.05, 0) is 12.1 Å². The molecule has 1 fully saturated rings. The third-order valence-corrected chi connectivity index (χ3v) is 2.92. The summed E-state index contributed by atoms with van der Waals surface area (Å²) in [5, 5.41) is 5.03. The molecule has 1 atom stereocenters. The highest BCUT2D eigenvalue weighted by atomic mass is 32.2. The van der Waals surface area contributed by atoms with Gasteiger partial charge in [0.1, 0.15) is 11.9 Å². The summed E-state index contributed by atoms with van der Waals surface area (Å²) >= 11 is 1.10. The van der Waals surface area contributed by atoms with Crippen LogP contribution in [0, 0.1) is 0 Å². The van der Waals surface area contributed by atoms with E-state index in [-0.39, 0.29) is 11.1 Å². The van der Waals surface area contributed by atoms with Crippen molar-refractivity contribution in [2.75, 3.05) is 16.8 Å². The largest absolute Gasteiger partial charge is 0.384 e. The van der Waals surface area contributed by atoms with Crippen molar-refractivity contribution in [2.24, 2.45) is 0 Å². The smallest absolute Gasteiger partial charge is 0.279 e. The Labute approximate surface area is 96.0 Å². The lowest BCUT2D eigenvalue weighted by Gasteiger charge is -2.09. The fraction of sp³-hybridized carbons (Fsp3) is 0.222. The van der Waals surface area contributed by atoms with Crippen LogP contribution < -0.4 is 16.4 Å². The first-order valence-electron chi connectivity index (χ1n) is 4.61. The number of nitrogens with zero attached hydrogens (tertiary/aromatic N) is 1. The van der Waals surface area contributed by atoms with E-state index >= 15 is 0 Å². The van der Waals surface area contributed by atoms with Gasteiger partial charge in [0.2, 0.25) is 5.91 Å². The predicted molar refractivity (Wildman–Crippen MR) is 62.1 cm³/mol. The van der Waals surface area contributed by atoms with Gasteiger partial charge in [-0.1, -0.05) is 11.8 Å². The van der Waals surface area contributed by atoms with E-state index < -0.39 is 6.04 Å². The molecule has 6 nitrogen and oxygen atoms in total. The van der Waals surface area contributed by atoms with Crippen molar-refractivity contribution < 1.29 is 9.59 Å². The van der Waals surface area contributed by atoms with Gasteiger partial charge in [0, 0.05) is 5.75 Å². The maximum Gasteiger partial charge on any atom is 0.279 e. The molecule has 0 bridgehead atoms. The number of aromatic nitrogens is 1. The number of amides is 2. The van der Waals surface area contributed by atoms with Crippen molar-refractivity contribution >= 4 is 34.4 Å². The molecule has 84 valence electrons. The number of carbonyl (C=O) groups excluding carboxylic acids is 2. The van der Waals surface area contributed by atoms with Crippen LogP contribution in [0.15, 0.2) is 18.3 Å². The Morgan fingerprint density at radius 2 is 2.44 bits per heavy atom. The van der Waals surface area contributed by atoms with Crippen molar-refractivity contribution in [3.63, 3.8) is 0 Å². The van der Waals surface area contributed by atoms with Gasteiger partial charge < -0.3 is 16.4 Å². The second-order valence-electron chi connectivity index (χ2n) is 3.26. The minimum absolute atomic E-state index is 0.171. The highest BCUT2D eigenvalue weighted by molar-refractivity contribution is 8.14. The Morgan fingerprint density at radius 1 is 1.62 bits per heavy atom. The molecule has 0 aliphatic carbocycles. The molecule has 1 aromatic heterocycles. The Balaban J connectivity index is 1.97. The molecule has 7 heteroatoms. The predicted octanol–water partition coefficient (Wildman–Crippen LogP) is 0.427. The lowest BCUT2D eigenvalue weighted by molar-refractivity contribution is -0.117. The molecule has 0 radical (unpaired) electrons. The lowest BCUT2D eigenvalue weighted by atomic mass is 10.3. The number of hydrogen-bond acceptors (Lipinski definition) is 5. The van der Waals surface area contributed by atoms with Crippen molar-refractivity contribution in [3.05, 3.63) is 18.3 Å².